The Kier molecular flexibility index (Phi) is 3.34. The first-order chi connectivity index (χ1) is 5.18. The van der Waals surface area contributed by atoms with Crippen molar-refractivity contribution in [3.05, 3.63) is 0 Å². The fourth-order valence-electron chi connectivity index (χ4n) is 1.55. The molecule has 11 heavy (non-hydrogen) atoms. The molecular formula is C9H19NO. The molecule has 1 aliphatic heterocycles. The zero-order chi connectivity index (χ0) is 8.27. The van der Waals surface area contributed by atoms with Gasteiger partial charge >= 0.3 is 0 Å². The Morgan fingerprint density at radius 2 is 2.27 bits per heavy atom. The molecule has 1 heterocycles. The lowest BCUT2D eigenvalue weighted by Crippen LogP contribution is -2.18. The fourth-order valence-corrected chi connectivity index (χ4v) is 1.55. The maximum atomic E-state index is 5.66. The normalized spacial score (nSPS) is 34.1. The second-order valence-corrected chi connectivity index (χ2v) is 3.70. The van der Waals surface area contributed by atoms with Crippen molar-refractivity contribution in [2.75, 3.05) is 0 Å². The molecule has 0 radical (unpaired) electrons. The van der Waals surface area contributed by atoms with Gasteiger partial charge in [-0.25, -0.2) is 0 Å². The van der Waals surface area contributed by atoms with E-state index in [1.807, 2.05) is 0 Å². The molecule has 2 N–H and O–H groups in total. The average Bonchev–Trinajstić information content (AvgIpc) is 2.31. The summed E-state index contributed by atoms with van der Waals surface area (Å²) in [6.45, 7) is 4.20. The number of hydrogen-bond donors (Lipinski definition) is 1. The van der Waals surface area contributed by atoms with E-state index in [0.29, 0.717) is 18.2 Å². The molecule has 66 valence electrons. The van der Waals surface area contributed by atoms with Crippen LogP contribution in [0.3, 0.4) is 0 Å². The highest BCUT2D eigenvalue weighted by Gasteiger charge is 2.21. The molecule has 2 nitrogen and oxygen atoms in total. The van der Waals surface area contributed by atoms with Crippen molar-refractivity contribution >= 4 is 0 Å². The van der Waals surface area contributed by atoms with Crippen molar-refractivity contribution in [2.24, 2.45) is 5.73 Å². The first-order valence-electron chi connectivity index (χ1n) is 4.59. The standard InChI is InChI=1S/C9H19NO/c1-7(10)3-5-9-6-4-8(2)11-9/h7-9H,3-6,10H2,1-2H3. The lowest BCUT2D eigenvalue weighted by atomic mass is 10.1. The molecule has 2 heteroatoms. The summed E-state index contributed by atoms with van der Waals surface area (Å²) in [7, 11) is 0. The zero-order valence-corrected chi connectivity index (χ0v) is 7.55. The van der Waals surface area contributed by atoms with Gasteiger partial charge in [-0.05, 0) is 39.5 Å². The summed E-state index contributed by atoms with van der Waals surface area (Å²) in [4.78, 5) is 0. The summed E-state index contributed by atoms with van der Waals surface area (Å²) in [5.74, 6) is 0. The number of ether oxygens (including phenoxy) is 1. The second kappa shape index (κ2) is 4.07. The quantitative estimate of drug-likeness (QED) is 0.676. The van der Waals surface area contributed by atoms with Gasteiger partial charge in [-0.1, -0.05) is 0 Å². The Bertz CT molecular complexity index is 114. The molecule has 0 aromatic rings. The maximum absolute atomic E-state index is 5.66. The molecule has 0 aromatic carbocycles. The minimum Gasteiger partial charge on any atom is -0.375 e. The van der Waals surface area contributed by atoms with Gasteiger partial charge in [0.25, 0.3) is 0 Å². The minimum absolute atomic E-state index is 0.328. The SMILES string of the molecule is CC(N)CCC1CCC(C)O1. The van der Waals surface area contributed by atoms with Crippen molar-refractivity contribution in [2.45, 2.75) is 57.8 Å². The van der Waals surface area contributed by atoms with Crippen molar-refractivity contribution in [3.63, 3.8) is 0 Å². The van der Waals surface area contributed by atoms with E-state index < -0.39 is 0 Å². The van der Waals surface area contributed by atoms with E-state index in [-0.39, 0.29) is 0 Å². The average molecular weight is 157 g/mol. The van der Waals surface area contributed by atoms with E-state index in [1.165, 1.54) is 12.8 Å². The predicted molar refractivity (Wildman–Crippen MR) is 46.5 cm³/mol. The number of nitrogens with two attached hydrogens (primary N) is 1. The summed E-state index contributed by atoms with van der Waals surface area (Å²) in [5.41, 5.74) is 5.65. The minimum atomic E-state index is 0.328. The highest BCUT2D eigenvalue weighted by molar-refractivity contribution is 4.71. The summed E-state index contributed by atoms with van der Waals surface area (Å²) < 4.78 is 5.66. The van der Waals surface area contributed by atoms with E-state index in [1.54, 1.807) is 0 Å². The predicted octanol–water partition coefficient (Wildman–Crippen LogP) is 1.68. The Morgan fingerprint density at radius 3 is 2.73 bits per heavy atom. The van der Waals surface area contributed by atoms with Gasteiger partial charge in [0.2, 0.25) is 0 Å². The summed E-state index contributed by atoms with van der Waals surface area (Å²) in [6, 6.07) is 0.328. The van der Waals surface area contributed by atoms with E-state index in [4.69, 9.17) is 10.5 Å². The fraction of sp³-hybridized carbons (Fsp3) is 1.00. The molecule has 0 aromatic heterocycles. The Balaban J connectivity index is 2.08. The van der Waals surface area contributed by atoms with Gasteiger partial charge < -0.3 is 10.5 Å². The van der Waals surface area contributed by atoms with Crippen LogP contribution < -0.4 is 5.73 Å². The first kappa shape index (κ1) is 9.01. The monoisotopic (exact) mass is 157 g/mol. The van der Waals surface area contributed by atoms with Crippen LogP contribution in [-0.2, 0) is 4.74 Å². The van der Waals surface area contributed by atoms with Gasteiger partial charge in [0.05, 0.1) is 12.2 Å². The third-order valence-electron chi connectivity index (χ3n) is 2.26. The van der Waals surface area contributed by atoms with Crippen LogP contribution in [0.4, 0.5) is 0 Å². The Hall–Kier alpha value is -0.0800. The van der Waals surface area contributed by atoms with Crippen LogP contribution in [0.25, 0.3) is 0 Å². The van der Waals surface area contributed by atoms with Gasteiger partial charge in [-0.2, -0.15) is 0 Å². The molecule has 0 spiro atoms. The summed E-state index contributed by atoms with van der Waals surface area (Å²) in [6.07, 6.45) is 5.67. The zero-order valence-electron chi connectivity index (χ0n) is 7.55. The van der Waals surface area contributed by atoms with Gasteiger partial charge in [-0.3, -0.25) is 0 Å². The lowest BCUT2D eigenvalue weighted by Gasteiger charge is -2.11. The van der Waals surface area contributed by atoms with Gasteiger partial charge in [0.1, 0.15) is 0 Å². The second-order valence-electron chi connectivity index (χ2n) is 3.70. The molecule has 0 bridgehead atoms. The molecule has 1 fully saturated rings. The number of rotatable bonds is 3. The lowest BCUT2D eigenvalue weighted by molar-refractivity contribution is 0.0490. The Labute approximate surface area is 69.1 Å². The van der Waals surface area contributed by atoms with Crippen molar-refractivity contribution < 1.29 is 4.74 Å². The first-order valence-corrected chi connectivity index (χ1v) is 4.59. The third-order valence-corrected chi connectivity index (χ3v) is 2.26. The van der Waals surface area contributed by atoms with Crippen LogP contribution in [0.1, 0.15) is 39.5 Å². The smallest absolute Gasteiger partial charge is 0.0580 e. The maximum Gasteiger partial charge on any atom is 0.0580 e. The Morgan fingerprint density at radius 1 is 1.55 bits per heavy atom. The summed E-state index contributed by atoms with van der Waals surface area (Å²) >= 11 is 0. The highest BCUT2D eigenvalue weighted by atomic mass is 16.5. The number of hydrogen-bond acceptors (Lipinski definition) is 2. The van der Waals surface area contributed by atoms with Crippen LogP contribution in [0.2, 0.25) is 0 Å². The van der Waals surface area contributed by atoms with Crippen molar-refractivity contribution in [3.8, 4) is 0 Å². The molecule has 3 atom stereocenters. The van der Waals surface area contributed by atoms with Gasteiger partial charge in [-0.15, -0.1) is 0 Å². The third kappa shape index (κ3) is 3.21. The largest absolute Gasteiger partial charge is 0.375 e. The molecule has 0 saturated carbocycles. The molecule has 1 rings (SSSR count). The highest BCUT2D eigenvalue weighted by Crippen LogP contribution is 2.22. The van der Waals surface area contributed by atoms with E-state index in [9.17, 15) is 0 Å². The van der Waals surface area contributed by atoms with Crippen molar-refractivity contribution in [1.29, 1.82) is 0 Å². The van der Waals surface area contributed by atoms with Crippen LogP contribution in [0, 0.1) is 0 Å². The molecule has 0 amide bonds. The molecular weight excluding hydrogens is 138 g/mol. The molecule has 1 saturated heterocycles. The topological polar surface area (TPSA) is 35.2 Å². The van der Waals surface area contributed by atoms with E-state index in [2.05, 4.69) is 13.8 Å². The molecule has 0 aliphatic carbocycles. The van der Waals surface area contributed by atoms with Crippen LogP contribution in [-0.4, -0.2) is 18.2 Å². The van der Waals surface area contributed by atoms with E-state index in [0.717, 1.165) is 12.8 Å². The van der Waals surface area contributed by atoms with Crippen molar-refractivity contribution in [1.82, 2.24) is 0 Å². The van der Waals surface area contributed by atoms with Crippen LogP contribution in [0.15, 0.2) is 0 Å². The molecule has 3 unspecified atom stereocenters. The van der Waals surface area contributed by atoms with Crippen LogP contribution >= 0.6 is 0 Å². The van der Waals surface area contributed by atoms with E-state index >= 15 is 0 Å². The van der Waals surface area contributed by atoms with Crippen LogP contribution in [0.5, 0.6) is 0 Å². The van der Waals surface area contributed by atoms with Gasteiger partial charge in [0, 0.05) is 6.04 Å². The molecule has 1 aliphatic rings. The van der Waals surface area contributed by atoms with Gasteiger partial charge in [0.15, 0.2) is 0 Å². The summed E-state index contributed by atoms with van der Waals surface area (Å²) in [5, 5.41) is 0.